The molecular formula is C30H27F3N4O2. The molecule has 0 radical (unpaired) electrons. The zero-order valence-corrected chi connectivity index (χ0v) is 21.0. The summed E-state index contributed by atoms with van der Waals surface area (Å²) in [4.78, 5) is 33.1. The van der Waals surface area contributed by atoms with Crippen LogP contribution in [0.5, 0.6) is 0 Å². The summed E-state index contributed by atoms with van der Waals surface area (Å²) in [5, 5.41) is 0.987. The first-order chi connectivity index (χ1) is 18.7. The van der Waals surface area contributed by atoms with Crippen LogP contribution in [0.3, 0.4) is 0 Å². The Bertz CT molecular complexity index is 1530. The number of hydrogen-bond donors (Lipinski definition) is 2. The number of nitrogen functional groups attached to an aromatic ring is 1. The number of fused-ring (bicyclic) bond motifs is 1. The fourth-order valence-electron chi connectivity index (χ4n) is 4.99. The largest absolute Gasteiger partial charge is 0.416 e. The average Bonchev–Trinajstić information content (AvgIpc) is 3.34. The Morgan fingerprint density at radius 1 is 1.00 bits per heavy atom. The number of alkyl halides is 3. The molecule has 1 aromatic heterocycles. The highest BCUT2D eigenvalue weighted by Crippen LogP contribution is 2.32. The SMILES string of the molecule is Nc1cc(C(=O)N2CCN(C(=O)C=Cc3ccccc3)CC2Cc2c[nH]c3ccccc23)cc(C(F)(F)F)c1. The molecule has 0 bridgehead atoms. The number of aromatic nitrogens is 1. The van der Waals surface area contributed by atoms with E-state index in [1.165, 1.54) is 12.1 Å². The quantitative estimate of drug-likeness (QED) is 0.268. The van der Waals surface area contributed by atoms with E-state index in [9.17, 15) is 22.8 Å². The number of halogens is 3. The first kappa shape index (κ1) is 26.1. The molecule has 1 aliphatic rings. The van der Waals surface area contributed by atoms with E-state index in [2.05, 4.69) is 4.98 Å². The first-order valence-corrected chi connectivity index (χ1v) is 12.5. The van der Waals surface area contributed by atoms with E-state index < -0.39 is 23.7 Å². The van der Waals surface area contributed by atoms with Crippen LogP contribution in [0.15, 0.2) is 85.1 Å². The van der Waals surface area contributed by atoms with Gasteiger partial charge in [0.25, 0.3) is 5.91 Å². The summed E-state index contributed by atoms with van der Waals surface area (Å²) in [6.45, 7) is 0.660. The summed E-state index contributed by atoms with van der Waals surface area (Å²) < 4.78 is 40.3. The molecule has 1 saturated heterocycles. The van der Waals surface area contributed by atoms with Crippen molar-refractivity contribution in [1.29, 1.82) is 0 Å². The number of H-pyrrole nitrogens is 1. The Kier molecular flexibility index (Phi) is 7.15. The predicted molar refractivity (Wildman–Crippen MR) is 145 cm³/mol. The van der Waals surface area contributed by atoms with E-state index in [1.54, 1.807) is 15.9 Å². The molecule has 3 N–H and O–H groups in total. The first-order valence-electron chi connectivity index (χ1n) is 12.5. The molecule has 9 heteroatoms. The van der Waals surface area contributed by atoms with Crippen molar-refractivity contribution in [3.05, 3.63) is 107 Å². The zero-order chi connectivity index (χ0) is 27.6. The third-order valence-electron chi connectivity index (χ3n) is 6.93. The van der Waals surface area contributed by atoms with Gasteiger partial charge >= 0.3 is 6.18 Å². The van der Waals surface area contributed by atoms with Crippen molar-refractivity contribution >= 4 is 34.5 Å². The molecule has 200 valence electrons. The number of anilines is 1. The summed E-state index contributed by atoms with van der Waals surface area (Å²) in [5.74, 6) is -0.747. The van der Waals surface area contributed by atoms with Crippen LogP contribution in [0, 0.1) is 0 Å². The second-order valence-electron chi connectivity index (χ2n) is 9.59. The molecule has 2 heterocycles. The van der Waals surface area contributed by atoms with Gasteiger partial charge in [-0.15, -0.1) is 0 Å². The van der Waals surface area contributed by atoms with Crippen LogP contribution in [0.4, 0.5) is 18.9 Å². The minimum Gasteiger partial charge on any atom is -0.399 e. The van der Waals surface area contributed by atoms with Crippen molar-refractivity contribution in [2.45, 2.75) is 18.6 Å². The zero-order valence-electron chi connectivity index (χ0n) is 21.0. The fourth-order valence-corrected chi connectivity index (χ4v) is 4.99. The molecule has 0 aliphatic carbocycles. The lowest BCUT2D eigenvalue weighted by molar-refractivity contribution is -0.137. The maximum atomic E-state index is 13.6. The fraction of sp³-hybridized carbons (Fsp3) is 0.200. The number of hydrogen-bond acceptors (Lipinski definition) is 3. The Balaban J connectivity index is 1.43. The second-order valence-corrected chi connectivity index (χ2v) is 9.59. The number of nitrogens with two attached hydrogens (primary N) is 1. The normalized spacial score (nSPS) is 16.2. The summed E-state index contributed by atoms with van der Waals surface area (Å²) in [5.41, 5.74) is 7.27. The number of rotatable bonds is 5. The molecule has 2 amide bonds. The summed E-state index contributed by atoms with van der Waals surface area (Å²) in [6, 6.07) is 19.6. The van der Waals surface area contributed by atoms with E-state index in [0.29, 0.717) is 6.42 Å². The van der Waals surface area contributed by atoms with Crippen molar-refractivity contribution < 1.29 is 22.8 Å². The summed E-state index contributed by atoms with van der Waals surface area (Å²) >= 11 is 0. The van der Waals surface area contributed by atoms with Crippen molar-refractivity contribution in [2.24, 2.45) is 0 Å². The summed E-state index contributed by atoms with van der Waals surface area (Å²) in [7, 11) is 0. The van der Waals surface area contributed by atoms with Crippen molar-refractivity contribution in [1.82, 2.24) is 14.8 Å². The van der Waals surface area contributed by atoms with Crippen LogP contribution in [0.25, 0.3) is 17.0 Å². The number of benzene rings is 3. The highest BCUT2D eigenvalue weighted by atomic mass is 19.4. The maximum absolute atomic E-state index is 13.6. The molecule has 0 saturated carbocycles. The average molecular weight is 533 g/mol. The number of carbonyl (C=O) groups is 2. The number of nitrogens with zero attached hydrogens (tertiary/aromatic N) is 2. The van der Waals surface area contributed by atoms with Crippen LogP contribution < -0.4 is 5.73 Å². The minimum absolute atomic E-state index is 0.130. The molecule has 3 aromatic carbocycles. The second kappa shape index (κ2) is 10.7. The van der Waals surface area contributed by atoms with E-state index in [0.717, 1.165) is 34.2 Å². The van der Waals surface area contributed by atoms with Gasteiger partial charge in [-0.3, -0.25) is 9.59 Å². The van der Waals surface area contributed by atoms with Gasteiger partial charge in [-0.2, -0.15) is 13.2 Å². The van der Waals surface area contributed by atoms with Crippen LogP contribution in [-0.2, 0) is 17.4 Å². The molecular weight excluding hydrogens is 505 g/mol. The van der Waals surface area contributed by atoms with Crippen LogP contribution in [-0.4, -0.2) is 52.3 Å². The van der Waals surface area contributed by atoms with Crippen LogP contribution in [0.1, 0.15) is 27.0 Å². The molecule has 0 spiro atoms. The highest BCUT2D eigenvalue weighted by Gasteiger charge is 2.35. The number of amides is 2. The van der Waals surface area contributed by atoms with Gasteiger partial charge in [0, 0.05) is 54.1 Å². The minimum atomic E-state index is -4.63. The Morgan fingerprint density at radius 3 is 2.51 bits per heavy atom. The molecule has 4 aromatic rings. The highest BCUT2D eigenvalue weighted by molar-refractivity contribution is 5.96. The van der Waals surface area contributed by atoms with Gasteiger partial charge in [-0.1, -0.05) is 48.5 Å². The molecule has 5 rings (SSSR count). The Labute approximate surface area is 223 Å². The van der Waals surface area contributed by atoms with Gasteiger partial charge < -0.3 is 20.5 Å². The standard InChI is InChI=1S/C30H27F3N4O2/c31-30(32,33)23-14-21(15-24(34)17-23)29(39)37-13-12-36(28(38)11-10-20-6-2-1-3-7-20)19-25(37)16-22-18-35-27-9-5-4-8-26(22)27/h1-11,14-15,17-18,25,35H,12-13,16,19,34H2. The topological polar surface area (TPSA) is 82.4 Å². The van der Waals surface area contributed by atoms with E-state index >= 15 is 0 Å². The molecule has 1 fully saturated rings. The number of carbonyl (C=O) groups excluding carboxylic acids is 2. The van der Waals surface area contributed by atoms with Gasteiger partial charge in [0.15, 0.2) is 0 Å². The van der Waals surface area contributed by atoms with Gasteiger partial charge in [0.05, 0.1) is 11.6 Å². The summed E-state index contributed by atoms with van der Waals surface area (Å²) in [6.07, 6.45) is 0.884. The maximum Gasteiger partial charge on any atom is 0.416 e. The van der Waals surface area contributed by atoms with E-state index in [-0.39, 0.29) is 36.8 Å². The van der Waals surface area contributed by atoms with Crippen molar-refractivity contribution in [3.63, 3.8) is 0 Å². The lowest BCUT2D eigenvalue weighted by atomic mass is 9.99. The van der Waals surface area contributed by atoms with Gasteiger partial charge in [0.2, 0.25) is 5.91 Å². The molecule has 1 atom stereocenters. The van der Waals surface area contributed by atoms with Crippen LogP contribution >= 0.6 is 0 Å². The monoisotopic (exact) mass is 532 g/mol. The van der Waals surface area contributed by atoms with E-state index in [4.69, 9.17) is 5.73 Å². The third-order valence-corrected chi connectivity index (χ3v) is 6.93. The van der Waals surface area contributed by atoms with Gasteiger partial charge in [-0.25, -0.2) is 0 Å². The van der Waals surface area contributed by atoms with Crippen molar-refractivity contribution in [2.75, 3.05) is 25.4 Å². The number of nitrogens with one attached hydrogen (secondary N) is 1. The molecule has 39 heavy (non-hydrogen) atoms. The lowest BCUT2D eigenvalue weighted by Crippen LogP contribution is -2.57. The van der Waals surface area contributed by atoms with Gasteiger partial charge in [-0.05, 0) is 47.9 Å². The Hall–Kier alpha value is -4.53. The predicted octanol–water partition coefficient (Wildman–Crippen LogP) is 5.38. The van der Waals surface area contributed by atoms with Gasteiger partial charge in [0.1, 0.15) is 0 Å². The Morgan fingerprint density at radius 2 is 1.74 bits per heavy atom. The molecule has 1 aliphatic heterocycles. The van der Waals surface area contributed by atoms with Crippen molar-refractivity contribution in [3.8, 4) is 0 Å². The third kappa shape index (κ3) is 5.82. The number of piperazine rings is 1. The smallest absolute Gasteiger partial charge is 0.399 e. The molecule has 1 unspecified atom stereocenters. The molecule has 6 nitrogen and oxygen atoms in total. The lowest BCUT2D eigenvalue weighted by Gasteiger charge is -2.41. The number of aromatic amines is 1. The van der Waals surface area contributed by atoms with Crippen LogP contribution in [0.2, 0.25) is 0 Å². The number of para-hydroxylation sites is 1. The van der Waals surface area contributed by atoms with E-state index in [1.807, 2.05) is 60.8 Å².